The van der Waals surface area contributed by atoms with E-state index in [1.165, 1.54) is 6.07 Å². The monoisotopic (exact) mass is 328 g/mol. The second kappa shape index (κ2) is 6.73. The molecule has 1 aliphatic rings. The third-order valence-corrected chi connectivity index (χ3v) is 3.73. The predicted molar refractivity (Wildman–Crippen MR) is 85.9 cm³/mol. The lowest BCUT2D eigenvalue weighted by molar-refractivity contribution is 0.0210. The zero-order chi connectivity index (χ0) is 16.3. The summed E-state index contributed by atoms with van der Waals surface area (Å²) in [6.07, 6.45) is 1.36. The Balaban J connectivity index is 1.84. The second-order valence-electron chi connectivity index (χ2n) is 6.51. The van der Waals surface area contributed by atoms with E-state index in [1.807, 2.05) is 20.8 Å². The number of likely N-dealkylation sites (tertiary alicyclic amines) is 1. The Bertz CT molecular complexity index is 537. The molecule has 1 aliphatic heterocycles. The van der Waals surface area contributed by atoms with E-state index in [0.29, 0.717) is 13.1 Å². The number of nitrogens with zero attached hydrogens (tertiary/aromatic N) is 1. The maximum atomic E-state index is 13.1. The van der Waals surface area contributed by atoms with E-state index >= 15 is 0 Å². The van der Waals surface area contributed by atoms with Crippen molar-refractivity contribution in [2.75, 3.05) is 18.4 Å². The first-order valence-electron chi connectivity index (χ1n) is 7.44. The van der Waals surface area contributed by atoms with Crippen molar-refractivity contribution in [3.8, 4) is 0 Å². The highest BCUT2D eigenvalue weighted by molar-refractivity contribution is 6.31. The summed E-state index contributed by atoms with van der Waals surface area (Å²) in [6, 6.07) is 4.83. The number of halogens is 2. The van der Waals surface area contributed by atoms with Crippen LogP contribution in [0.5, 0.6) is 0 Å². The van der Waals surface area contributed by atoms with Crippen LogP contribution in [0.15, 0.2) is 18.2 Å². The normalized spacial score (nSPS) is 16.5. The van der Waals surface area contributed by atoms with E-state index in [1.54, 1.807) is 17.0 Å². The molecule has 0 unspecified atom stereocenters. The van der Waals surface area contributed by atoms with Crippen molar-refractivity contribution in [3.05, 3.63) is 29.0 Å². The third kappa shape index (κ3) is 4.77. The molecule has 1 fully saturated rings. The van der Waals surface area contributed by atoms with E-state index in [2.05, 4.69) is 5.32 Å². The maximum Gasteiger partial charge on any atom is 0.410 e. The number of benzene rings is 1. The molecule has 0 aromatic heterocycles. The Morgan fingerprint density at radius 1 is 1.36 bits per heavy atom. The van der Waals surface area contributed by atoms with Crippen LogP contribution in [0.3, 0.4) is 0 Å². The van der Waals surface area contributed by atoms with Gasteiger partial charge in [-0.3, -0.25) is 0 Å². The predicted octanol–water partition coefficient (Wildman–Crippen LogP) is 4.29. The highest BCUT2D eigenvalue weighted by Gasteiger charge is 2.26. The molecule has 0 saturated carbocycles. The minimum atomic E-state index is -0.475. The number of hydrogen-bond acceptors (Lipinski definition) is 3. The average Bonchev–Trinajstić information content (AvgIpc) is 2.42. The van der Waals surface area contributed by atoms with Crippen LogP contribution in [-0.4, -0.2) is 35.7 Å². The van der Waals surface area contributed by atoms with Gasteiger partial charge in [0.15, 0.2) is 0 Å². The molecule has 1 amide bonds. The minimum absolute atomic E-state index is 0.108. The lowest BCUT2D eigenvalue weighted by Crippen LogP contribution is -2.44. The minimum Gasteiger partial charge on any atom is -0.444 e. The van der Waals surface area contributed by atoms with Gasteiger partial charge in [-0.15, -0.1) is 0 Å². The fourth-order valence-corrected chi connectivity index (χ4v) is 2.54. The van der Waals surface area contributed by atoms with Crippen LogP contribution >= 0.6 is 11.6 Å². The second-order valence-corrected chi connectivity index (χ2v) is 6.92. The molecular formula is C16H22ClFN2O2. The SMILES string of the molecule is CC(C)(C)OC(=O)N1CCC(Nc2ccc(F)c(Cl)c2)CC1. The van der Waals surface area contributed by atoms with Crippen LogP contribution in [0.2, 0.25) is 5.02 Å². The van der Waals surface area contributed by atoms with Crippen LogP contribution in [0.1, 0.15) is 33.6 Å². The summed E-state index contributed by atoms with van der Waals surface area (Å²) < 4.78 is 18.5. The topological polar surface area (TPSA) is 41.6 Å². The Morgan fingerprint density at radius 2 is 2.00 bits per heavy atom. The number of rotatable bonds is 2. The number of anilines is 1. The number of nitrogens with one attached hydrogen (secondary N) is 1. The van der Waals surface area contributed by atoms with E-state index < -0.39 is 11.4 Å². The van der Waals surface area contributed by atoms with Gasteiger partial charge in [0, 0.05) is 24.8 Å². The van der Waals surface area contributed by atoms with Crippen molar-refractivity contribution < 1.29 is 13.9 Å². The van der Waals surface area contributed by atoms with E-state index in [0.717, 1.165) is 18.5 Å². The first kappa shape index (κ1) is 16.9. The van der Waals surface area contributed by atoms with Gasteiger partial charge in [0.25, 0.3) is 0 Å². The number of ether oxygens (including phenoxy) is 1. The van der Waals surface area contributed by atoms with Gasteiger partial charge < -0.3 is 15.0 Å². The number of hydrogen-bond donors (Lipinski definition) is 1. The molecule has 1 aromatic rings. The Kier molecular flexibility index (Phi) is 5.16. The molecule has 2 rings (SSSR count). The molecule has 1 aromatic carbocycles. The van der Waals surface area contributed by atoms with Crippen molar-refractivity contribution in [1.82, 2.24) is 4.90 Å². The number of piperidine rings is 1. The van der Waals surface area contributed by atoms with Gasteiger partial charge in [-0.1, -0.05) is 11.6 Å². The van der Waals surface area contributed by atoms with Gasteiger partial charge in [-0.2, -0.15) is 0 Å². The van der Waals surface area contributed by atoms with Crippen LogP contribution in [0.4, 0.5) is 14.9 Å². The van der Waals surface area contributed by atoms with Crippen LogP contribution in [0.25, 0.3) is 0 Å². The van der Waals surface area contributed by atoms with Gasteiger partial charge >= 0.3 is 6.09 Å². The number of carbonyl (C=O) groups is 1. The fourth-order valence-electron chi connectivity index (χ4n) is 2.35. The molecule has 6 heteroatoms. The van der Waals surface area contributed by atoms with Crippen molar-refractivity contribution in [2.24, 2.45) is 0 Å². The Labute approximate surface area is 135 Å². The molecular weight excluding hydrogens is 307 g/mol. The van der Waals surface area contributed by atoms with Gasteiger partial charge in [-0.25, -0.2) is 9.18 Å². The molecule has 0 radical (unpaired) electrons. The van der Waals surface area contributed by atoms with Crippen molar-refractivity contribution in [1.29, 1.82) is 0 Å². The molecule has 0 bridgehead atoms. The molecule has 1 heterocycles. The summed E-state index contributed by atoms with van der Waals surface area (Å²) in [5, 5.41) is 3.43. The molecule has 22 heavy (non-hydrogen) atoms. The summed E-state index contributed by atoms with van der Waals surface area (Å²) >= 11 is 5.77. The molecule has 4 nitrogen and oxygen atoms in total. The zero-order valence-corrected chi connectivity index (χ0v) is 13.9. The van der Waals surface area contributed by atoms with Gasteiger partial charge in [0.1, 0.15) is 11.4 Å². The summed E-state index contributed by atoms with van der Waals surface area (Å²) in [6.45, 7) is 6.86. The highest BCUT2D eigenvalue weighted by Crippen LogP contribution is 2.23. The Morgan fingerprint density at radius 3 is 2.55 bits per heavy atom. The number of carbonyl (C=O) groups excluding carboxylic acids is 1. The van der Waals surface area contributed by atoms with Gasteiger partial charge in [0.05, 0.1) is 5.02 Å². The average molecular weight is 329 g/mol. The van der Waals surface area contributed by atoms with Crippen LogP contribution in [-0.2, 0) is 4.74 Å². The van der Waals surface area contributed by atoms with Crippen molar-refractivity contribution in [2.45, 2.75) is 45.3 Å². The third-order valence-electron chi connectivity index (χ3n) is 3.44. The van der Waals surface area contributed by atoms with Crippen LogP contribution < -0.4 is 5.32 Å². The summed E-state index contributed by atoms with van der Waals surface area (Å²) in [5.41, 5.74) is 0.318. The van der Waals surface area contributed by atoms with Crippen molar-refractivity contribution >= 4 is 23.4 Å². The van der Waals surface area contributed by atoms with Gasteiger partial charge in [0.2, 0.25) is 0 Å². The summed E-state index contributed by atoms with van der Waals surface area (Å²) in [7, 11) is 0. The fraction of sp³-hybridized carbons (Fsp3) is 0.562. The zero-order valence-electron chi connectivity index (χ0n) is 13.2. The standard InChI is InChI=1S/C16H22ClFN2O2/c1-16(2,3)22-15(21)20-8-6-11(7-9-20)19-12-4-5-14(18)13(17)10-12/h4-5,10-11,19H,6-9H2,1-3H3. The molecule has 1 saturated heterocycles. The van der Waals surface area contributed by atoms with Crippen LogP contribution in [0, 0.1) is 5.82 Å². The molecule has 122 valence electrons. The maximum absolute atomic E-state index is 13.1. The van der Waals surface area contributed by atoms with E-state index in [-0.39, 0.29) is 17.2 Å². The lowest BCUT2D eigenvalue weighted by atomic mass is 10.0. The molecule has 0 atom stereocenters. The Hall–Kier alpha value is -1.49. The molecule has 0 spiro atoms. The van der Waals surface area contributed by atoms with E-state index in [4.69, 9.17) is 16.3 Å². The van der Waals surface area contributed by atoms with Crippen molar-refractivity contribution in [3.63, 3.8) is 0 Å². The summed E-state index contributed by atoms with van der Waals surface area (Å²) in [5.74, 6) is -0.424. The summed E-state index contributed by atoms with van der Waals surface area (Å²) in [4.78, 5) is 13.7. The first-order valence-corrected chi connectivity index (χ1v) is 7.82. The van der Waals surface area contributed by atoms with E-state index in [9.17, 15) is 9.18 Å². The quantitative estimate of drug-likeness (QED) is 0.880. The smallest absolute Gasteiger partial charge is 0.410 e. The molecule has 0 aliphatic carbocycles. The van der Waals surface area contributed by atoms with Gasteiger partial charge in [-0.05, 0) is 51.8 Å². The number of amides is 1. The lowest BCUT2D eigenvalue weighted by Gasteiger charge is -2.34. The first-order chi connectivity index (χ1) is 10.2. The largest absolute Gasteiger partial charge is 0.444 e. The highest BCUT2D eigenvalue weighted by atomic mass is 35.5. The molecule has 1 N–H and O–H groups in total.